The summed E-state index contributed by atoms with van der Waals surface area (Å²) in [6.07, 6.45) is 2.31. The van der Waals surface area contributed by atoms with Gasteiger partial charge in [-0.1, -0.05) is 12.1 Å². The number of aromatic nitrogens is 2. The first-order chi connectivity index (χ1) is 13.8. The average Bonchev–Trinajstić information content (AvgIpc) is 3.44. The Hall–Kier alpha value is -1.16. The summed E-state index contributed by atoms with van der Waals surface area (Å²) in [5, 5.41) is 1.89. The Labute approximate surface area is 173 Å². The Bertz CT molecular complexity index is 689. The second-order valence-corrected chi connectivity index (χ2v) is 8.86. The number of rotatable bonds is 9. The molecule has 4 heterocycles. The van der Waals surface area contributed by atoms with E-state index in [-0.39, 0.29) is 12.2 Å². The van der Waals surface area contributed by atoms with E-state index >= 15 is 0 Å². The highest BCUT2D eigenvalue weighted by atomic mass is 33.1. The third kappa shape index (κ3) is 6.17. The Morgan fingerprint density at radius 1 is 0.786 bits per heavy atom. The van der Waals surface area contributed by atoms with Crippen LogP contribution in [0.25, 0.3) is 0 Å². The van der Waals surface area contributed by atoms with Crippen molar-refractivity contribution in [3.8, 4) is 0 Å². The molecule has 0 N–H and O–H groups in total. The molecule has 0 spiro atoms. The van der Waals surface area contributed by atoms with Crippen LogP contribution in [0, 0.1) is 0 Å². The maximum Gasteiger partial charge on any atom is 0.107 e. The zero-order valence-electron chi connectivity index (χ0n) is 15.6. The topological polar surface area (TPSA) is 62.7 Å². The minimum Gasteiger partial charge on any atom is -0.379 e. The van der Waals surface area contributed by atoms with Crippen molar-refractivity contribution in [1.82, 2.24) is 9.97 Å². The van der Waals surface area contributed by atoms with Gasteiger partial charge in [-0.25, -0.2) is 9.97 Å². The van der Waals surface area contributed by atoms with Crippen LogP contribution in [0.1, 0.15) is 24.2 Å². The van der Waals surface area contributed by atoms with Crippen LogP contribution in [-0.4, -0.2) is 48.6 Å². The van der Waals surface area contributed by atoms with E-state index in [1.165, 1.54) is 0 Å². The Morgan fingerprint density at radius 3 is 1.71 bits per heavy atom. The first kappa shape index (κ1) is 20.1. The van der Waals surface area contributed by atoms with Crippen LogP contribution in [0.2, 0.25) is 0 Å². The van der Waals surface area contributed by atoms with Gasteiger partial charge < -0.3 is 18.9 Å². The third-order valence-corrected chi connectivity index (χ3v) is 6.64. The third-order valence-electron chi connectivity index (χ3n) is 4.48. The van der Waals surface area contributed by atoms with E-state index in [9.17, 15) is 0 Å². The largest absolute Gasteiger partial charge is 0.379 e. The lowest BCUT2D eigenvalue weighted by molar-refractivity contribution is 0.0299. The summed E-state index contributed by atoms with van der Waals surface area (Å²) < 4.78 is 22.4. The van der Waals surface area contributed by atoms with Gasteiger partial charge in [0.1, 0.15) is 10.1 Å². The van der Waals surface area contributed by atoms with Crippen molar-refractivity contribution in [3.63, 3.8) is 0 Å². The molecule has 2 fully saturated rings. The number of hydrogen-bond donors (Lipinski definition) is 0. The van der Waals surface area contributed by atoms with Crippen molar-refractivity contribution in [2.75, 3.05) is 26.4 Å². The monoisotopic (exact) mass is 420 g/mol. The number of nitrogens with zero attached hydrogens (tertiary/aromatic N) is 2. The van der Waals surface area contributed by atoms with E-state index in [2.05, 4.69) is 9.97 Å². The van der Waals surface area contributed by atoms with Gasteiger partial charge in [-0.3, -0.25) is 0 Å². The van der Waals surface area contributed by atoms with Gasteiger partial charge in [-0.2, -0.15) is 0 Å². The highest BCUT2D eigenvalue weighted by molar-refractivity contribution is 8.76. The predicted octanol–water partition coefficient (Wildman–Crippen LogP) is 3.89. The zero-order chi connectivity index (χ0) is 19.0. The van der Waals surface area contributed by atoms with Crippen LogP contribution < -0.4 is 0 Å². The van der Waals surface area contributed by atoms with Crippen LogP contribution in [-0.2, 0) is 32.2 Å². The van der Waals surface area contributed by atoms with Gasteiger partial charge in [-0.15, -0.1) is 0 Å². The summed E-state index contributed by atoms with van der Waals surface area (Å²) in [6, 6.07) is 12.0. The smallest absolute Gasteiger partial charge is 0.107 e. The van der Waals surface area contributed by atoms with Gasteiger partial charge in [0.2, 0.25) is 0 Å². The number of hydrogen-bond acceptors (Lipinski definition) is 8. The van der Waals surface area contributed by atoms with Crippen molar-refractivity contribution in [3.05, 3.63) is 47.8 Å². The van der Waals surface area contributed by atoms with Crippen molar-refractivity contribution < 1.29 is 18.9 Å². The summed E-state index contributed by atoms with van der Waals surface area (Å²) in [6.45, 7) is 3.98. The Balaban J connectivity index is 1.26. The second-order valence-electron chi connectivity index (χ2n) is 6.69. The lowest BCUT2D eigenvalue weighted by atomic mass is 10.3. The highest BCUT2D eigenvalue weighted by Crippen LogP contribution is 2.35. The molecule has 0 radical (unpaired) electrons. The fourth-order valence-electron chi connectivity index (χ4n) is 2.95. The molecular formula is C20H24N2O4S2. The predicted molar refractivity (Wildman–Crippen MR) is 108 cm³/mol. The van der Waals surface area contributed by atoms with Crippen molar-refractivity contribution in [2.24, 2.45) is 0 Å². The van der Waals surface area contributed by atoms with E-state index in [4.69, 9.17) is 18.9 Å². The summed E-state index contributed by atoms with van der Waals surface area (Å²) in [5.41, 5.74) is 1.87. The molecule has 2 saturated heterocycles. The van der Waals surface area contributed by atoms with E-state index < -0.39 is 0 Å². The number of pyridine rings is 2. The van der Waals surface area contributed by atoms with Crippen molar-refractivity contribution >= 4 is 21.6 Å². The van der Waals surface area contributed by atoms with Crippen molar-refractivity contribution in [1.29, 1.82) is 0 Å². The quantitative estimate of drug-likeness (QED) is 0.566. The van der Waals surface area contributed by atoms with Gasteiger partial charge in [0.15, 0.2) is 0 Å². The summed E-state index contributed by atoms with van der Waals surface area (Å²) in [5.74, 6) is 0. The molecule has 1 unspecified atom stereocenters. The van der Waals surface area contributed by atoms with Crippen LogP contribution >= 0.6 is 21.6 Å². The standard InChI is InChI=1S/C20H24N2O4S2/c1-3-15(11-25-17-7-9-23-13-17)21-19(5-1)27-28-20-6-2-4-16(22-20)12-26-18-8-10-24-14-18/h1-6,17-18H,7-14H2/t17-,18?/m0/s1. The van der Waals surface area contributed by atoms with E-state index in [0.29, 0.717) is 26.4 Å². The van der Waals surface area contributed by atoms with Crippen LogP contribution in [0.15, 0.2) is 46.5 Å². The Morgan fingerprint density at radius 2 is 1.29 bits per heavy atom. The molecule has 6 nitrogen and oxygen atoms in total. The molecule has 28 heavy (non-hydrogen) atoms. The molecule has 0 aromatic carbocycles. The molecule has 0 bridgehead atoms. The van der Waals surface area contributed by atoms with E-state index in [0.717, 1.165) is 47.5 Å². The van der Waals surface area contributed by atoms with Gasteiger partial charge in [-0.05, 0) is 58.7 Å². The normalized spacial score (nSPS) is 22.0. The molecular weight excluding hydrogens is 396 g/mol. The van der Waals surface area contributed by atoms with Gasteiger partial charge >= 0.3 is 0 Å². The molecule has 2 aliphatic rings. The summed E-state index contributed by atoms with van der Waals surface area (Å²) >= 11 is 0. The maximum absolute atomic E-state index is 5.85. The van der Waals surface area contributed by atoms with Crippen LogP contribution in [0.3, 0.4) is 0 Å². The highest BCUT2D eigenvalue weighted by Gasteiger charge is 2.17. The molecule has 0 amide bonds. The molecule has 2 aromatic heterocycles. The molecule has 150 valence electrons. The summed E-state index contributed by atoms with van der Waals surface area (Å²) in [4.78, 5) is 9.34. The van der Waals surface area contributed by atoms with Gasteiger partial charge in [0.05, 0.1) is 50.0 Å². The van der Waals surface area contributed by atoms with E-state index in [1.807, 2.05) is 36.4 Å². The van der Waals surface area contributed by atoms with Gasteiger partial charge in [0, 0.05) is 13.2 Å². The van der Waals surface area contributed by atoms with Crippen LogP contribution in [0.5, 0.6) is 0 Å². The molecule has 2 aromatic rings. The first-order valence-corrected chi connectivity index (χ1v) is 11.7. The maximum atomic E-state index is 5.85. The van der Waals surface area contributed by atoms with E-state index in [1.54, 1.807) is 21.6 Å². The molecule has 2 atom stereocenters. The molecule has 0 aliphatic carbocycles. The zero-order valence-corrected chi connectivity index (χ0v) is 17.3. The lowest BCUT2D eigenvalue weighted by Gasteiger charge is -2.10. The molecule has 2 aliphatic heterocycles. The average molecular weight is 421 g/mol. The SMILES string of the molecule is c1cc(COC2CCOC2)nc(SSc2cccc(CO[C@H]3CCOC3)n2)c1. The second kappa shape index (κ2) is 10.6. The van der Waals surface area contributed by atoms with Crippen LogP contribution in [0.4, 0.5) is 0 Å². The fourth-order valence-corrected chi connectivity index (χ4v) is 4.77. The lowest BCUT2D eigenvalue weighted by Crippen LogP contribution is -2.12. The Kier molecular flexibility index (Phi) is 7.60. The molecule has 0 saturated carbocycles. The minimum atomic E-state index is 0.192. The molecule has 8 heteroatoms. The van der Waals surface area contributed by atoms with Crippen molar-refractivity contribution in [2.45, 2.75) is 48.3 Å². The fraction of sp³-hybridized carbons (Fsp3) is 0.500. The number of ether oxygens (including phenoxy) is 4. The minimum absolute atomic E-state index is 0.192. The first-order valence-electron chi connectivity index (χ1n) is 9.50. The summed E-state index contributed by atoms with van der Waals surface area (Å²) in [7, 11) is 3.20. The molecule has 4 rings (SSSR count). The van der Waals surface area contributed by atoms with Gasteiger partial charge in [0.25, 0.3) is 0 Å².